The van der Waals surface area contributed by atoms with Crippen molar-refractivity contribution in [2.24, 2.45) is 0 Å². The van der Waals surface area contributed by atoms with Crippen LogP contribution in [0.15, 0.2) is 29.6 Å². The van der Waals surface area contributed by atoms with Gasteiger partial charge in [-0.2, -0.15) is 0 Å². The van der Waals surface area contributed by atoms with Crippen LogP contribution in [-0.4, -0.2) is 5.91 Å². The summed E-state index contributed by atoms with van der Waals surface area (Å²) in [6, 6.07) is 7.84. The summed E-state index contributed by atoms with van der Waals surface area (Å²) < 4.78 is 0. The summed E-state index contributed by atoms with van der Waals surface area (Å²) in [6.07, 6.45) is 2.09. The predicted molar refractivity (Wildman–Crippen MR) is 86.9 cm³/mol. The van der Waals surface area contributed by atoms with Gasteiger partial charge in [0, 0.05) is 15.6 Å². The molecule has 1 aromatic carbocycles. The van der Waals surface area contributed by atoms with E-state index < -0.39 is 0 Å². The Morgan fingerprint density at radius 3 is 2.65 bits per heavy atom. The molecular weight excluding hydrogens is 290 g/mol. The molecule has 4 heteroatoms. The van der Waals surface area contributed by atoms with Gasteiger partial charge in [-0.15, -0.1) is 11.3 Å². The van der Waals surface area contributed by atoms with Gasteiger partial charge < -0.3 is 5.32 Å². The number of thiophene rings is 1. The van der Waals surface area contributed by atoms with E-state index in [1.54, 1.807) is 11.3 Å². The van der Waals surface area contributed by atoms with Crippen LogP contribution in [0.25, 0.3) is 0 Å². The summed E-state index contributed by atoms with van der Waals surface area (Å²) in [6.45, 7) is 4.13. The minimum atomic E-state index is 0.0131. The first kappa shape index (κ1) is 15.1. The molecule has 0 saturated carbocycles. The van der Waals surface area contributed by atoms with Gasteiger partial charge in [-0.1, -0.05) is 37.6 Å². The highest BCUT2D eigenvalue weighted by Crippen LogP contribution is 2.29. The third-order valence-corrected chi connectivity index (χ3v) is 4.49. The van der Waals surface area contributed by atoms with Crippen molar-refractivity contribution in [3.05, 3.63) is 50.7 Å². The maximum Gasteiger partial charge on any atom is 0.229 e. The highest BCUT2D eigenvalue weighted by Gasteiger charge is 2.13. The average Bonchev–Trinajstić information content (AvgIpc) is 2.92. The van der Waals surface area contributed by atoms with Gasteiger partial charge in [0.05, 0.1) is 6.42 Å². The number of anilines is 1. The van der Waals surface area contributed by atoms with E-state index >= 15 is 0 Å². The van der Waals surface area contributed by atoms with Gasteiger partial charge in [-0.3, -0.25) is 4.79 Å². The summed E-state index contributed by atoms with van der Waals surface area (Å²) in [5.74, 6) is 0.0131. The molecule has 0 unspecified atom stereocenters. The Balaban J connectivity index is 2.23. The number of rotatable bonds is 5. The lowest BCUT2D eigenvalue weighted by Gasteiger charge is -2.15. The predicted octanol–water partition coefficient (Wildman–Crippen LogP) is 4.71. The third kappa shape index (κ3) is 3.41. The number of amides is 1. The smallest absolute Gasteiger partial charge is 0.229 e. The maximum atomic E-state index is 12.2. The molecule has 0 saturated heterocycles. The zero-order valence-corrected chi connectivity index (χ0v) is 13.3. The Morgan fingerprint density at radius 2 is 2.05 bits per heavy atom. The van der Waals surface area contributed by atoms with Crippen molar-refractivity contribution in [2.45, 2.75) is 33.1 Å². The van der Waals surface area contributed by atoms with E-state index in [4.69, 9.17) is 11.6 Å². The van der Waals surface area contributed by atoms with E-state index in [1.165, 1.54) is 0 Å². The van der Waals surface area contributed by atoms with Crippen LogP contribution in [-0.2, 0) is 24.1 Å². The number of halogens is 1. The van der Waals surface area contributed by atoms with Crippen molar-refractivity contribution in [1.82, 2.24) is 0 Å². The van der Waals surface area contributed by atoms with Gasteiger partial charge in [0.2, 0.25) is 5.91 Å². The van der Waals surface area contributed by atoms with Crippen LogP contribution < -0.4 is 5.32 Å². The largest absolute Gasteiger partial charge is 0.325 e. The highest BCUT2D eigenvalue weighted by molar-refractivity contribution is 7.10. The Bertz CT molecular complexity index is 593. The molecule has 0 atom stereocenters. The Labute approximate surface area is 128 Å². The fourth-order valence-corrected chi connectivity index (χ4v) is 3.22. The van der Waals surface area contributed by atoms with E-state index in [-0.39, 0.29) is 5.91 Å². The van der Waals surface area contributed by atoms with Gasteiger partial charge in [-0.25, -0.2) is 0 Å². The Kier molecular flexibility index (Phi) is 5.21. The van der Waals surface area contributed by atoms with Crippen LogP contribution in [0.4, 0.5) is 5.69 Å². The number of hydrogen-bond donors (Lipinski definition) is 1. The quantitative estimate of drug-likeness (QED) is 0.851. The van der Waals surface area contributed by atoms with Crippen LogP contribution in [0.5, 0.6) is 0 Å². The lowest BCUT2D eigenvalue weighted by molar-refractivity contribution is -0.115. The lowest BCUT2D eigenvalue weighted by Crippen LogP contribution is -2.16. The summed E-state index contributed by atoms with van der Waals surface area (Å²) in [7, 11) is 0. The van der Waals surface area contributed by atoms with Crippen molar-refractivity contribution in [2.75, 3.05) is 5.32 Å². The standard InChI is InChI=1S/C16H18ClNOS/c1-3-11-7-8-14(17)13(4-2)16(11)18-15(19)10-12-6-5-9-20-12/h5-9H,3-4,10H2,1-2H3,(H,18,19). The van der Waals surface area contributed by atoms with Gasteiger partial charge in [0.15, 0.2) is 0 Å². The molecule has 1 aromatic heterocycles. The second kappa shape index (κ2) is 6.91. The molecule has 1 heterocycles. The molecule has 2 aromatic rings. The van der Waals surface area contributed by atoms with E-state index in [0.717, 1.165) is 39.6 Å². The molecule has 0 bridgehead atoms. The van der Waals surface area contributed by atoms with Gasteiger partial charge >= 0.3 is 0 Å². The van der Waals surface area contributed by atoms with Gasteiger partial charge in [-0.05, 0) is 41.5 Å². The van der Waals surface area contributed by atoms with Crippen LogP contribution in [0.2, 0.25) is 5.02 Å². The molecule has 0 radical (unpaired) electrons. The summed E-state index contributed by atoms with van der Waals surface area (Å²) in [5, 5.41) is 5.75. The SMILES string of the molecule is CCc1ccc(Cl)c(CC)c1NC(=O)Cc1cccs1. The first-order valence-electron chi connectivity index (χ1n) is 6.78. The summed E-state index contributed by atoms with van der Waals surface area (Å²) in [5.41, 5.74) is 3.04. The molecule has 2 rings (SSSR count). The molecular formula is C16H18ClNOS. The zero-order valence-electron chi connectivity index (χ0n) is 11.7. The fraction of sp³-hybridized carbons (Fsp3) is 0.312. The van der Waals surface area contributed by atoms with E-state index in [0.29, 0.717) is 6.42 Å². The van der Waals surface area contributed by atoms with Crippen molar-refractivity contribution < 1.29 is 4.79 Å². The molecule has 20 heavy (non-hydrogen) atoms. The molecule has 0 aliphatic rings. The van der Waals surface area contributed by atoms with Crippen LogP contribution in [0.3, 0.4) is 0 Å². The second-order valence-corrected chi connectivity index (χ2v) is 6.01. The van der Waals surface area contributed by atoms with Crippen molar-refractivity contribution >= 4 is 34.5 Å². The van der Waals surface area contributed by atoms with Crippen molar-refractivity contribution in [1.29, 1.82) is 0 Å². The Hall–Kier alpha value is -1.32. The minimum Gasteiger partial charge on any atom is -0.325 e. The third-order valence-electron chi connectivity index (χ3n) is 3.26. The number of hydrogen-bond acceptors (Lipinski definition) is 2. The molecule has 1 N–H and O–H groups in total. The average molecular weight is 308 g/mol. The van der Waals surface area contributed by atoms with Crippen LogP contribution in [0, 0.1) is 0 Å². The molecule has 106 valence electrons. The molecule has 0 aliphatic carbocycles. The van der Waals surface area contributed by atoms with E-state index in [1.807, 2.05) is 29.6 Å². The first-order chi connectivity index (χ1) is 9.65. The van der Waals surface area contributed by atoms with Crippen LogP contribution >= 0.6 is 22.9 Å². The maximum absolute atomic E-state index is 12.2. The highest BCUT2D eigenvalue weighted by atomic mass is 35.5. The normalized spacial score (nSPS) is 10.6. The molecule has 0 fully saturated rings. The number of nitrogens with one attached hydrogen (secondary N) is 1. The number of carbonyl (C=O) groups excluding carboxylic acids is 1. The minimum absolute atomic E-state index is 0.0131. The second-order valence-electron chi connectivity index (χ2n) is 4.57. The Morgan fingerprint density at radius 1 is 1.25 bits per heavy atom. The molecule has 0 aliphatic heterocycles. The monoisotopic (exact) mass is 307 g/mol. The van der Waals surface area contributed by atoms with Crippen molar-refractivity contribution in [3.8, 4) is 0 Å². The summed E-state index contributed by atoms with van der Waals surface area (Å²) >= 11 is 7.83. The number of aryl methyl sites for hydroxylation is 1. The first-order valence-corrected chi connectivity index (χ1v) is 8.04. The van der Waals surface area contributed by atoms with E-state index in [2.05, 4.69) is 19.2 Å². The topological polar surface area (TPSA) is 29.1 Å². The fourth-order valence-electron chi connectivity index (χ4n) is 2.22. The van der Waals surface area contributed by atoms with E-state index in [9.17, 15) is 4.79 Å². The van der Waals surface area contributed by atoms with Gasteiger partial charge in [0.1, 0.15) is 0 Å². The zero-order chi connectivity index (χ0) is 14.5. The molecule has 0 spiro atoms. The molecule has 1 amide bonds. The summed E-state index contributed by atoms with van der Waals surface area (Å²) in [4.78, 5) is 13.2. The number of carbonyl (C=O) groups is 1. The van der Waals surface area contributed by atoms with Gasteiger partial charge in [0.25, 0.3) is 0 Å². The lowest BCUT2D eigenvalue weighted by atomic mass is 10.0. The van der Waals surface area contributed by atoms with Crippen LogP contribution in [0.1, 0.15) is 29.9 Å². The number of benzene rings is 1. The van der Waals surface area contributed by atoms with Crippen molar-refractivity contribution in [3.63, 3.8) is 0 Å². The molecule has 2 nitrogen and oxygen atoms in total.